The predicted molar refractivity (Wildman–Crippen MR) is 101 cm³/mol. The molecule has 1 aliphatic carbocycles. The number of carbonyl (C=O) groups excluding carboxylic acids is 1. The number of hydrogen-bond acceptors (Lipinski definition) is 3. The predicted octanol–water partition coefficient (Wildman–Crippen LogP) is 3.77. The Morgan fingerprint density at radius 1 is 1.27 bits per heavy atom. The number of ether oxygens (including phenoxy) is 1. The Morgan fingerprint density at radius 2 is 1.96 bits per heavy atom. The third kappa shape index (κ3) is 4.56. The maximum Gasteiger partial charge on any atom is 0.237 e. The molecule has 0 unspecified atom stereocenters. The van der Waals surface area contributed by atoms with Gasteiger partial charge in [-0.1, -0.05) is 11.6 Å². The number of hydrogen-bond donors (Lipinski definition) is 2. The number of carbonyl (C=O) groups is 1. The van der Waals surface area contributed by atoms with E-state index in [1.54, 1.807) is 12.1 Å². The van der Waals surface area contributed by atoms with Crippen LogP contribution in [0.25, 0.3) is 0 Å². The Labute approximate surface area is 159 Å². The van der Waals surface area contributed by atoms with Crippen LogP contribution in [0.5, 0.6) is 0 Å². The van der Waals surface area contributed by atoms with E-state index in [1.165, 1.54) is 6.07 Å². The first kappa shape index (κ1) is 19.6. The summed E-state index contributed by atoms with van der Waals surface area (Å²) in [5.41, 5.74) is 5.97. The van der Waals surface area contributed by atoms with Gasteiger partial charge in [0.2, 0.25) is 5.91 Å². The van der Waals surface area contributed by atoms with E-state index in [2.05, 4.69) is 5.32 Å². The second kappa shape index (κ2) is 8.68. The summed E-state index contributed by atoms with van der Waals surface area (Å²) >= 11 is 6.25. The van der Waals surface area contributed by atoms with Crippen molar-refractivity contribution in [3.8, 4) is 0 Å². The van der Waals surface area contributed by atoms with Gasteiger partial charge >= 0.3 is 0 Å². The van der Waals surface area contributed by atoms with E-state index in [-0.39, 0.29) is 11.7 Å². The van der Waals surface area contributed by atoms with Gasteiger partial charge in [-0.05, 0) is 87.1 Å². The molecule has 1 saturated carbocycles. The van der Waals surface area contributed by atoms with Gasteiger partial charge < -0.3 is 15.8 Å². The minimum absolute atomic E-state index is 0.219. The normalized spacial score (nSPS) is 25.8. The van der Waals surface area contributed by atoms with Crippen LogP contribution < -0.4 is 11.1 Å². The minimum Gasteiger partial charge on any atom is -0.381 e. The summed E-state index contributed by atoms with van der Waals surface area (Å²) in [4.78, 5) is 11.9. The van der Waals surface area contributed by atoms with Crippen LogP contribution in [0.3, 0.4) is 0 Å². The van der Waals surface area contributed by atoms with Gasteiger partial charge in [0.15, 0.2) is 0 Å². The molecule has 1 aromatic rings. The fourth-order valence-electron chi connectivity index (χ4n) is 4.34. The highest BCUT2D eigenvalue weighted by Crippen LogP contribution is 2.39. The summed E-state index contributed by atoms with van der Waals surface area (Å²) in [5.74, 6) is 0.472. The quantitative estimate of drug-likeness (QED) is 0.787. The summed E-state index contributed by atoms with van der Waals surface area (Å²) in [7, 11) is 0. The lowest BCUT2D eigenvalue weighted by atomic mass is 9.77. The van der Waals surface area contributed by atoms with E-state index in [4.69, 9.17) is 22.1 Å². The van der Waals surface area contributed by atoms with Gasteiger partial charge in [-0.25, -0.2) is 4.39 Å². The largest absolute Gasteiger partial charge is 0.381 e. The molecule has 2 aliphatic rings. The monoisotopic (exact) mass is 382 g/mol. The molecule has 0 atom stereocenters. The van der Waals surface area contributed by atoms with Gasteiger partial charge in [0.25, 0.3) is 0 Å². The molecule has 0 spiro atoms. The van der Waals surface area contributed by atoms with Gasteiger partial charge in [0.05, 0.1) is 0 Å². The molecular formula is C20H28ClFN2O2. The summed E-state index contributed by atoms with van der Waals surface area (Å²) in [6.45, 7) is 1.95. The molecule has 2 fully saturated rings. The van der Waals surface area contributed by atoms with Crippen molar-refractivity contribution in [3.63, 3.8) is 0 Å². The number of nitrogens with one attached hydrogen (secondary N) is 1. The van der Waals surface area contributed by atoms with Crippen molar-refractivity contribution in [1.29, 1.82) is 0 Å². The molecular weight excluding hydrogens is 355 g/mol. The molecule has 1 amide bonds. The van der Waals surface area contributed by atoms with Crippen molar-refractivity contribution in [2.45, 2.75) is 56.4 Å². The Balaban J connectivity index is 1.47. The van der Waals surface area contributed by atoms with E-state index in [0.717, 1.165) is 44.2 Å². The number of nitrogens with two attached hydrogens (primary N) is 1. The number of benzene rings is 1. The van der Waals surface area contributed by atoms with Gasteiger partial charge in [0.1, 0.15) is 11.4 Å². The molecule has 1 aromatic carbocycles. The van der Waals surface area contributed by atoms with Crippen LogP contribution in [0.2, 0.25) is 5.02 Å². The van der Waals surface area contributed by atoms with Crippen LogP contribution in [-0.2, 0) is 9.53 Å². The van der Waals surface area contributed by atoms with E-state index in [1.807, 2.05) is 0 Å². The molecule has 1 aliphatic heterocycles. The number of halogens is 2. The van der Waals surface area contributed by atoms with Gasteiger partial charge in [-0.3, -0.25) is 4.79 Å². The third-order valence-corrected chi connectivity index (χ3v) is 6.42. The van der Waals surface area contributed by atoms with Crippen molar-refractivity contribution < 1.29 is 13.9 Å². The first-order valence-corrected chi connectivity index (χ1v) is 9.95. The van der Waals surface area contributed by atoms with Gasteiger partial charge in [0, 0.05) is 18.2 Å². The molecule has 6 heteroatoms. The Hall–Kier alpha value is -1.17. The molecule has 0 aromatic heterocycles. The Kier molecular flexibility index (Phi) is 6.54. The van der Waals surface area contributed by atoms with Crippen molar-refractivity contribution in [2.24, 2.45) is 11.7 Å². The van der Waals surface area contributed by atoms with Crippen LogP contribution in [0.15, 0.2) is 18.2 Å². The van der Waals surface area contributed by atoms with Crippen LogP contribution >= 0.6 is 11.6 Å². The standard InChI is InChI=1S/C20H28ClFN2O2/c21-18-6-5-16(22)13-17(18)15-3-1-14(2-4-15)7-10-24-20(19(23)25)8-11-26-12-9-20/h5-6,13-15,24H,1-4,7-12H2,(H2,23,25)/t14-,15+. The average Bonchev–Trinajstić information content (AvgIpc) is 2.65. The molecule has 4 nitrogen and oxygen atoms in total. The highest BCUT2D eigenvalue weighted by molar-refractivity contribution is 6.31. The van der Waals surface area contributed by atoms with E-state index in [9.17, 15) is 9.18 Å². The summed E-state index contributed by atoms with van der Waals surface area (Å²) in [6, 6.07) is 4.64. The molecule has 3 rings (SSSR count). The molecule has 1 heterocycles. The highest BCUT2D eigenvalue weighted by atomic mass is 35.5. The lowest BCUT2D eigenvalue weighted by Gasteiger charge is -2.36. The van der Waals surface area contributed by atoms with E-state index in [0.29, 0.717) is 42.9 Å². The molecule has 0 bridgehead atoms. The Bertz CT molecular complexity index is 626. The molecule has 26 heavy (non-hydrogen) atoms. The third-order valence-electron chi connectivity index (χ3n) is 6.08. The number of amides is 1. The first-order valence-electron chi connectivity index (χ1n) is 9.58. The lowest BCUT2D eigenvalue weighted by Crippen LogP contribution is -2.58. The summed E-state index contributed by atoms with van der Waals surface area (Å²) < 4.78 is 18.9. The highest BCUT2D eigenvalue weighted by Gasteiger charge is 2.38. The maximum absolute atomic E-state index is 13.5. The number of primary amides is 1. The van der Waals surface area contributed by atoms with Gasteiger partial charge in [-0.2, -0.15) is 0 Å². The maximum atomic E-state index is 13.5. The van der Waals surface area contributed by atoms with Crippen molar-refractivity contribution in [1.82, 2.24) is 5.32 Å². The van der Waals surface area contributed by atoms with E-state index < -0.39 is 5.54 Å². The zero-order valence-corrected chi connectivity index (χ0v) is 15.9. The van der Waals surface area contributed by atoms with Gasteiger partial charge in [-0.15, -0.1) is 0 Å². The topological polar surface area (TPSA) is 64.4 Å². The fraction of sp³-hybridized carbons (Fsp3) is 0.650. The second-order valence-electron chi connectivity index (χ2n) is 7.66. The van der Waals surface area contributed by atoms with Crippen LogP contribution in [-0.4, -0.2) is 31.2 Å². The van der Waals surface area contributed by atoms with Crippen LogP contribution in [0, 0.1) is 11.7 Å². The zero-order chi connectivity index (χ0) is 18.6. The second-order valence-corrected chi connectivity index (χ2v) is 8.06. The molecule has 3 N–H and O–H groups in total. The van der Waals surface area contributed by atoms with Crippen molar-refractivity contribution in [3.05, 3.63) is 34.6 Å². The molecule has 0 radical (unpaired) electrons. The lowest BCUT2D eigenvalue weighted by molar-refractivity contribution is -0.128. The van der Waals surface area contributed by atoms with Crippen molar-refractivity contribution in [2.75, 3.05) is 19.8 Å². The summed E-state index contributed by atoms with van der Waals surface area (Å²) in [5, 5.41) is 4.08. The average molecular weight is 383 g/mol. The molecule has 1 saturated heterocycles. The Morgan fingerprint density at radius 3 is 2.62 bits per heavy atom. The number of rotatable bonds is 6. The smallest absolute Gasteiger partial charge is 0.237 e. The van der Waals surface area contributed by atoms with Crippen LogP contribution in [0.1, 0.15) is 56.4 Å². The first-order chi connectivity index (χ1) is 12.5. The van der Waals surface area contributed by atoms with E-state index >= 15 is 0 Å². The fourth-order valence-corrected chi connectivity index (χ4v) is 4.61. The zero-order valence-electron chi connectivity index (χ0n) is 15.1. The minimum atomic E-state index is -0.607. The SMILES string of the molecule is NC(=O)C1(NCC[C@H]2CC[C@@H](c3cc(F)ccc3Cl)CC2)CCOCC1. The molecule has 144 valence electrons. The summed E-state index contributed by atoms with van der Waals surface area (Å²) in [6.07, 6.45) is 6.59. The van der Waals surface area contributed by atoms with Crippen LogP contribution in [0.4, 0.5) is 4.39 Å². The van der Waals surface area contributed by atoms with Crippen molar-refractivity contribution >= 4 is 17.5 Å².